The van der Waals surface area contributed by atoms with Crippen LogP contribution in [0.2, 0.25) is 0 Å². The summed E-state index contributed by atoms with van der Waals surface area (Å²) in [5.41, 5.74) is 2.81. The molecule has 2 aromatic rings. The van der Waals surface area contributed by atoms with Gasteiger partial charge < -0.3 is 0 Å². The summed E-state index contributed by atoms with van der Waals surface area (Å²) in [5.74, 6) is 77.2. The van der Waals surface area contributed by atoms with Crippen LogP contribution < -0.4 is 0 Å². The summed E-state index contributed by atoms with van der Waals surface area (Å²) in [7, 11) is 0. The van der Waals surface area contributed by atoms with Crippen LogP contribution >= 0.6 is 0 Å². The van der Waals surface area contributed by atoms with Crippen LogP contribution in [0.5, 0.6) is 0 Å². The first-order chi connectivity index (χ1) is 23.3. The van der Waals surface area contributed by atoms with Gasteiger partial charge in [0, 0.05) is 5.56 Å². The van der Waals surface area contributed by atoms with E-state index in [0.717, 1.165) is 28.5 Å². The van der Waals surface area contributed by atoms with Crippen molar-refractivity contribution in [3.05, 3.63) is 59.2 Å². The summed E-state index contributed by atoms with van der Waals surface area (Å²) >= 11 is 0. The minimum atomic E-state index is -1.11. The zero-order valence-corrected chi connectivity index (χ0v) is 24.2. The molecule has 0 radical (unpaired) electrons. The molecule has 0 saturated heterocycles. The van der Waals surface area contributed by atoms with E-state index in [2.05, 4.69) is 178 Å². The molecule has 0 spiro atoms. The number of hydrogen-bond acceptors (Lipinski definition) is 1. The van der Waals surface area contributed by atoms with E-state index in [0.29, 0.717) is 5.56 Å². The predicted molar refractivity (Wildman–Crippen MR) is 185 cm³/mol. The van der Waals surface area contributed by atoms with E-state index in [4.69, 9.17) is 12.8 Å². The van der Waals surface area contributed by atoms with Crippen LogP contribution in [0.25, 0.3) is 11.1 Å². The first-order valence-electron chi connectivity index (χ1n) is 12.9. The van der Waals surface area contributed by atoms with E-state index in [-0.39, 0.29) is 0 Å². The van der Waals surface area contributed by atoms with Crippen molar-refractivity contribution in [2.24, 2.45) is 0 Å². The predicted octanol–water partition coefficient (Wildman–Crippen LogP) is 3.08. The van der Waals surface area contributed by atoms with E-state index in [1.54, 1.807) is 12.1 Å². The fourth-order valence-corrected chi connectivity index (χ4v) is 3.68. The van der Waals surface area contributed by atoms with Crippen LogP contribution in [-0.4, -0.2) is 6.29 Å². The Labute approximate surface area is 276 Å². The van der Waals surface area contributed by atoms with Crippen molar-refractivity contribution >= 4 is 6.29 Å². The maximum Gasteiger partial charge on any atom is 0.150 e. The Balaban J connectivity index is 1.94. The maximum atomic E-state index is 11.7. The highest BCUT2D eigenvalue weighted by molar-refractivity contribution is 5.89. The van der Waals surface area contributed by atoms with Crippen LogP contribution in [0.3, 0.4) is 0 Å². The summed E-state index contributed by atoms with van der Waals surface area (Å²) in [6.45, 7) is 0. The molecule has 0 N–H and O–H groups in total. The monoisotopic (exact) mass is 578 g/mol. The van der Waals surface area contributed by atoms with Crippen molar-refractivity contribution in [3.63, 3.8) is 0 Å². The first kappa shape index (κ1) is 32.6. The van der Waals surface area contributed by atoms with Gasteiger partial charge in [-0.25, -0.2) is 0 Å². The van der Waals surface area contributed by atoms with Crippen molar-refractivity contribution in [2.75, 3.05) is 0 Å². The topological polar surface area (TPSA) is 17.1 Å². The molecule has 47 heavy (non-hydrogen) atoms. The van der Waals surface area contributed by atoms with Crippen molar-refractivity contribution in [1.29, 1.82) is 0 Å². The maximum absolute atomic E-state index is 11.7. The van der Waals surface area contributed by atoms with E-state index in [9.17, 15) is 4.79 Å². The third-order valence-corrected chi connectivity index (χ3v) is 5.35. The molecule has 3 rings (SSSR count). The lowest BCUT2D eigenvalue weighted by Crippen LogP contribution is -2.21. The van der Waals surface area contributed by atoms with E-state index < -0.39 is 5.41 Å². The second kappa shape index (κ2) is 19.2. The molecule has 0 aliphatic heterocycles. The molecule has 1 nitrogen and oxygen atoms in total. The lowest BCUT2D eigenvalue weighted by Gasteiger charge is -2.19. The Morgan fingerprint density at radius 2 is 0.787 bits per heavy atom. The van der Waals surface area contributed by atoms with Crippen molar-refractivity contribution < 1.29 is 4.79 Å². The van der Waals surface area contributed by atoms with Gasteiger partial charge in [-0.05, 0) is 194 Å². The second-order valence-electron chi connectivity index (χ2n) is 8.01. The van der Waals surface area contributed by atoms with Crippen molar-refractivity contribution in [1.82, 2.24) is 0 Å². The summed E-state index contributed by atoms with van der Waals surface area (Å²) in [6.07, 6.45) is 10.8. The molecule has 1 aliphatic carbocycles. The summed E-state index contributed by atoms with van der Waals surface area (Å²) < 4.78 is 0. The number of aldehydes is 1. The number of fused-ring (bicyclic) bond motifs is 3. The zero-order valence-electron chi connectivity index (χ0n) is 24.2. The molecule has 0 saturated carbocycles. The summed E-state index contributed by atoms with van der Waals surface area (Å²) in [5, 5.41) is 0. The number of benzene rings is 2. The van der Waals surface area contributed by atoms with Gasteiger partial charge in [0.15, 0.2) is 0 Å². The Morgan fingerprint density at radius 1 is 0.426 bits per heavy atom. The highest BCUT2D eigenvalue weighted by atomic mass is 16.1. The van der Waals surface area contributed by atoms with Gasteiger partial charge in [0.1, 0.15) is 11.7 Å². The number of carbonyl (C=O) groups is 1. The van der Waals surface area contributed by atoms with Gasteiger partial charge in [0.05, 0.1) is 0 Å². The summed E-state index contributed by atoms with van der Waals surface area (Å²) in [4.78, 5) is 11.7. The molecular weight excluding hydrogens is 569 g/mol. The lowest BCUT2D eigenvalue weighted by atomic mass is 9.79. The Kier molecular flexibility index (Phi) is 13.3. The van der Waals surface area contributed by atoms with Gasteiger partial charge in [0.2, 0.25) is 0 Å². The molecule has 0 bridgehead atoms. The molecular formula is C46H10O. The zero-order chi connectivity index (χ0) is 33.3. The first-order valence-corrected chi connectivity index (χ1v) is 12.9. The number of carbonyl (C=O) groups excluding carboxylic acids is 1. The molecule has 1 aliphatic rings. The molecule has 0 amide bonds. The Morgan fingerprint density at radius 3 is 1.19 bits per heavy atom. The quantitative estimate of drug-likeness (QED) is 0.376. The van der Waals surface area contributed by atoms with E-state index in [1.807, 2.05) is 30.3 Å². The van der Waals surface area contributed by atoms with Gasteiger partial charge >= 0.3 is 0 Å². The van der Waals surface area contributed by atoms with Crippen molar-refractivity contribution in [3.8, 4) is 202 Å². The van der Waals surface area contributed by atoms with Crippen LogP contribution in [0.1, 0.15) is 21.5 Å². The fourth-order valence-electron chi connectivity index (χ4n) is 3.68. The molecule has 0 fully saturated rings. The van der Waals surface area contributed by atoms with E-state index >= 15 is 0 Å². The minimum absolute atomic E-state index is 0.486. The standard InChI is InChI=1S/C46H10O/c1-3-5-7-9-11-13-15-17-19-21-23-25-27-31-37-46(38-32-28-26-24-22-20-18-16-14-12-10-8-6-4-2)44-34-30-29-33-42(44)43-36-35-41(40-47)39-45(43)46/h1-2,29-30,33-36,39-40H. The third kappa shape index (κ3) is 10.1. The molecule has 0 atom stereocenters. The van der Waals surface area contributed by atoms with Gasteiger partial charge in [-0.1, -0.05) is 48.2 Å². The lowest BCUT2D eigenvalue weighted by molar-refractivity contribution is 0.112. The minimum Gasteiger partial charge on any atom is -0.298 e. The fraction of sp³-hybridized carbons (Fsp3) is 0.0217. The molecule has 2 aromatic carbocycles. The normalized spacial score (nSPS) is 7.96. The highest BCUT2D eigenvalue weighted by Gasteiger charge is 2.41. The highest BCUT2D eigenvalue weighted by Crippen LogP contribution is 2.48. The molecule has 0 aromatic heterocycles. The third-order valence-electron chi connectivity index (χ3n) is 5.35. The second-order valence-corrected chi connectivity index (χ2v) is 8.01. The molecule has 1 heteroatoms. The van der Waals surface area contributed by atoms with E-state index in [1.165, 1.54) is 0 Å². The average Bonchev–Trinajstić information content (AvgIpc) is 3.37. The van der Waals surface area contributed by atoms with Crippen LogP contribution in [0.15, 0.2) is 42.5 Å². The molecule has 0 unspecified atom stereocenters. The van der Waals surface area contributed by atoms with Gasteiger partial charge in [-0.15, -0.1) is 12.8 Å². The number of terminal acetylenes is 2. The van der Waals surface area contributed by atoms with Crippen molar-refractivity contribution in [2.45, 2.75) is 5.41 Å². The Bertz CT molecular complexity index is 2550. The number of hydrogen-bond donors (Lipinski definition) is 0. The smallest absolute Gasteiger partial charge is 0.150 e. The number of rotatable bonds is 1. The average molecular weight is 579 g/mol. The van der Waals surface area contributed by atoms with Crippen LogP contribution in [0.4, 0.5) is 0 Å². The molecule has 0 heterocycles. The Hall–Kier alpha value is -8.93. The van der Waals surface area contributed by atoms with Gasteiger partial charge in [-0.3, -0.25) is 4.79 Å². The van der Waals surface area contributed by atoms with Crippen LogP contribution in [0, 0.1) is 190 Å². The SMILES string of the molecule is C#CC#CC#CC#CC#CC#CC#CC#CC1(C#CC#CC#CC#CC#CC#CC#CC#C)c2ccccc2-c2ccc(C=O)cc21. The summed E-state index contributed by atoms with van der Waals surface area (Å²) in [6, 6.07) is 13.1. The molecule has 200 valence electrons. The van der Waals surface area contributed by atoms with Crippen LogP contribution in [-0.2, 0) is 5.41 Å². The van der Waals surface area contributed by atoms with Gasteiger partial charge in [0.25, 0.3) is 0 Å². The van der Waals surface area contributed by atoms with Gasteiger partial charge in [-0.2, -0.15) is 0 Å². The largest absolute Gasteiger partial charge is 0.298 e.